The van der Waals surface area contributed by atoms with Gasteiger partial charge in [0.05, 0.1) is 5.75 Å². The number of nitrogens with zero attached hydrogens (tertiary/aromatic N) is 1. The zero-order valence-corrected chi connectivity index (χ0v) is 14.3. The zero-order chi connectivity index (χ0) is 17.2. The quantitative estimate of drug-likeness (QED) is 0.922. The van der Waals surface area contributed by atoms with Gasteiger partial charge >= 0.3 is 0 Å². The number of hydrogen-bond donors (Lipinski definition) is 1. The summed E-state index contributed by atoms with van der Waals surface area (Å²) in [6.45, 7) is 2.56. The molecule has 3 rings (SSSR count). The van der Waals surface area contributed by atoms with Crippen LogP contribution in [0.2, 0.25) is 0 Å². The summed E-state index contributed by atoms with van der Waals surface area (Å²) >= 11 is 0. The highest BCUT2D eigenvalue weighted by atomic mass is 32.2. The van der Waals surface area contributed by atoms with Crippen molar-refractivity contribution in [2.24, 2.45) is 0 Å². The molecule has 0 aromatic heterocycles. The highest BCUT2D eigenvalue weighted by molar-refractivity contribution is 7.88. The maximum absolute atomic E-state index is 12.9. The molecule has 1 amide bonds. The lowest BCUT2D eigenvalue weighted by atomic mass is 10.0. The molecule has 0 aliphatic carbocycles. The monoisotopic (exact) mass is 344 g/mol. The Kier molecular flexibility index (Phi) is 4.69. The summed E-state index contributed by atoms with van der Waals surface area (Å²) in [5, 5.41) is 2.77. The van der Waals surface area contributed by atoms with E-state index in [1.165, 1.54) is 4.31 Å². The smallest absolute Gasteiger partial charge is 0.243 e. The van der Waals surface area contributed by atoms with Gasteiger partial charge in [0, 0.05) is 13.1 Å². The summed E-state index contributed by atoms with van der Waals surface area (Å²) in [6, 6.07) is 15.6. The van der Waals surface area contributed by atoms with Gasteiger partial charge in [-0.15, -0.1) is 0 Å². The fraction of sp³-hybridized carbons (Fsp3) is 0.278. The van der Waals surface area contributed by atoms with Gasteiger partial charge in [-0.25, -0.2) is 8.42 Å². The lowest BCUT2D eigenvalue weighted by molar-refractivity contribution is -0.126. The second-order valence-corrected chi connectivity index (χ2v) is 7.88. The van der Waals surface area contributed by atoms with Gasteiger partial charge in [-0.3, -0.25) is 4.79 Å². The van der Waals surface area contributed by atoms with Crippen molar-refractivity contribution in [1.29, 1.82) is 0 Å². The number of piperazine rings is 1. The first kappa shape index (κ1) is 16.7. The predicted molar refractivity (Wildman–Crippen MR) is 92.7 cm³/mol. The summed E-state index contributed by atoms with van der Waals surface area (Å²) in [6.07, 6.45) is 0. The van der Waals surface area contributed by atoms with E-state index in [1.807, 2.05) is 49.4 Å². The zero-order valence-electron chi connectivity index (χ0n) is 13.5. The average molecular weight is 344 g/mol. The average Bonchev–Trinajstić information content (AvgIpc) is 2.56. The molecule has 0 saturated carbocycles. The Balaban J connectivity index is 1.93. The molecule has 24 heavy (non-hydrogen) atoms. The second kappa shape index (κ2) is 6.75. The molecule has 0 radical (unpaired) electrons. The molecule has 2 aromatic carbocycles. The van der Waals surface area contributed by atoms with Crippen molar-refractivity contribution >= 4 is 15.9 Å². The van der Waals surface area contributed by atoms with E-state index in [4.69, 9.17) is 0 Å². The van der Waals surface area contributed by atoms with Crippen LogP contribution in [0, 0.1) is 6.92 Å². The standard InChI is InChI=1S/C18H20N2O3S/c1-14-7-9-16(10-8-14)17-18(21)19-11-12-20(17)24(22,23)13-15-5-3-2-4-6-15/h2-10,17H,11-13H2,1H3,(H,19,21). The third kappa shape index (κ3) is 3.49. The molecule has 1 N–H and O–H groups in total. The molecule has 1 aliphatic rings. The Morgan fingerprint density at radius 1 is 1.08 bits per heavy atom. The van der Waals surface area contributed by atoms with Crippen LogP contribution in [0.1, 0.15) is 22.7 Å². The van der Waals surface area contributed by atoms with Crippen molar-refractivity contribution < 1.29 is 13.2 Å². The number of nitrogens with one attached hydrogen (secondary N) is 1. The van der Waals surface area contributed by atoms with E-state index >= 15 is 0 Å². The van der Waals surface area contributed by atoms with E-state index in [1.54, 1.807) is 12.1 Å². The fourth-order valence-corrected chi connectivity index (χ4v) is 4.57. The minimum Gasteiger partial charge on any atom is -0.353 e. The molecule has 1 fully saturated rings. The van der Waals surface area contributed by atoms with Gasteiger partial charge in [0.2, 0.25) is 15.9 Å². The van der Waals surface area contributed by atoms with Gasteiger partial charge in [0.1, 0.15) is 6.04 Å². The van der Waals surface area contributed by atoms with Gasteiger partial charge in [-0.2, -0.15) is 4.31 Å². The number of aryl methyl sites for hydroxylation is 1. The molecular formula is C18H20N2O3S. The van der Waals surface area contributed by atoms with Crippen LogP contribution in [-0.4, -0.2) is 31.7 Å². The van der Waals surface area contributed by atoms with Crippen LogP contribution < -0.4 is 5.32 Å². The van der Waals surface area contributed by atoms with Crippen LogP contribution in [0.4, 0.5) is 0 Å². The number of rotatable bonds is 4. The molecule has 126 valence electrons. The Bertz CT molecular complexity index is 817. The highest BCUT2D eigenvalue weighted by Crippen LogP contribution is 2.28. The van der Waals surface area contributed by atoms with E-state index in [-0.39, 0.29) is 18.2 Å². The first-order chi connectivity index (χ1) is 11.5. The lowest BCUT2D eigenvalue weighted by Crippen LogP contribution is -2.52. The number of benzene rings is 2. The first-order valence-corrected chi connectivity index (χ1v) is 9.46. The Morgan fingerprint density at radius 2 is 1.75 bits per heavy atom. The van der Waals surface area contributed by atoms with Gasteiger partial charge in [0.25, 0.3) is 0 Å². The normalized spacial score (nSPS) is 19.0. The lowest BCUT2D eigenvalue weighted by Gasteiger charge is -2.34. The molecule has 1 heterocycles. The van der Waals surface area contributed by atoms with E-state index in [2.05, 4.69) is 5.32 Å². The van der Waals surface area contributed by atoms with Crippen LogP contribution in [0.15, 0.2) is 54.6 Å². The van der Waals surface area contributed by atoms with E-state index in [9.17, 15) is 13.2 Å². The largest absolute Gasteiger partial charge is 0.353 e. The van der Waals surface area contributed by atoms with Gasteiger partial charge in [-0.1, -0.05) is 60.2 Å². The Hall–Kier alpha value is -2.18. The molecule has 2 aromatic rings. The topological polar surface area (TPSA) is 66.5 Å². The SMILES string of the molecule is Cc1ccc(C2C(=O)NCCN2S(=O)(=O)Cc2ccccc2)cc1. The molecule has 1 aliphatic heterocycles. The minimum atomic E-state index is -3.60. The van der Waals surface area contributed by atoms with Crippen molar-refractivity contribution in [3.8, 4) is 0 Å². The highest BCUT2D eigenvalue weighted by Gasteiger charge is 2.38. The van der Waals surface area contributed by atoms with Crippen molar-refractivity contribution in [1.82, 2.24) is 9.62 Å². The van der Waals surface area contributed by atoms with Crippen molar-refractivity contribution in [2.45, 2.75) is 18.7 Å². The summed E-state index contributed by atoms with van der Waals surface area (Å²) in [4.78, 5) is 12.4. The molecule has 6 heteroatoms. The third-order valence-electron chi connectivity index (χ3n) is 4.11. The third-order valence-corrected chi connectivity index (χ3v) is 5.92. The van der Waals surface area contributed by atoms with Crippen LogP contribution >= 0.6 is 0 Å². The second-order valence-electron chi connectivity index (χ2n) is 5.96. The van der Waals surface area contributed by atoms with Crippen LogP contribution in [-0.2, 0) is 20.6 Å². The molecule has 1 saturated heterocycles. The molecule has 1 atom stereocenters. The maximum Gasteiger partial charge on any atom is 0.243 e. The Labute approximate surface area is 142 Å². The first-order valence-electron chi connectivity index (χ1n) is 7.85. The van der Waals surface area contributed by atoms with Crippen LogP contribution in [0.5, 0.6) is 0 Å². The summed E-state index contributed by atoms with van der Waals surface area (Å²) in [5.74, 6) is -0.384. The number of amides is 1. The molecule has 0 spiro atoms. The summed E-state index contributed by atoms with van der Waals surface area (Å²) < 4.78 is 27.1. The summed E-state index contributed by atoms with van der Waals surface area (Å²) in [7, 11) is -3.60. The predicted octanol–water partition coefficient (Wildman–Crippen LogP) is 2.00. The van der Waals surface area contributed by atoms with Gasteiger partial charge in [-0.05, 0) is 18.1 Å². The van der Waals surface area contributed by atoms with Crippen molar-refractivity contribution in [3.05, 3.63) is 71.3 Å². The van der Waals surface area contributed by atoms with E-state index in [0.29, 0.717) is 17.7 Å². The van der Waals surface area contributed by atoms with Crippen molar-refractivity contribution in [3.63, 3.8) is 0 Å². The van der Waals surface area contributed by atoms with Crippen LogP contribution in [0.3, 0.4) is 0 Å². The number of carbonyl (C=O) groups excluding carboxylic acids is 1. The van der Waals surface area contributed by atoms with Gasteiger partial charge < -0.3 is 5.32 Å². The molecular weight excluding hydrogens is 324 g/mol. The molecule has 5 nitrogen and oxygen atoms in total. The number of hydrogen-bond acceptors (Lipinski definition) is 3. The minimum absolute atomic E-state index is 0.108. The molecule has 0 bridgehead atoms. The maximum atomic E-state index is 12.9. The van der Waals surface area contributed by atoms with Gasteiger partial charge in [0.15, 0.2) is 0 Å². The van der Waals surface area contributed by atoms with E-state index < -0.39 is 16.1 Å². The number of sulfonamides is 1. The Morgan fingerprint density at radius 3 is 2.42 bits per heavy atom. The van der Waals surface area contributed by atoms with Crippen molar-refractivity contribution in [2.75, 3.05) is 13.1 Å². The molecule has 1 unspecified atom stereocenters. The summed E-state index contributed by atoms with van der Waals surface area (Å²) in [5.41, 5.74) is 2.47. The van der Waals surface area contributed by atoms with E-state index in [0.717, 1.165) is 5.56 Å². The van der Waals surface area contributed by atoms with Crippen LogP contribution in [0.25, 0.3) is 0 Å². The fourth-order valence-electron chi connectivity index (χ4n) is 2.88. The number of carbonyl (C=O) groups is 1.